The minimum Gasteiger partial charge on any atom is -0.465 e. The number of rotatable bonds is 10. The van der Waals surface area contributed by atoms with Crippen LogP contribution in [0.2, 0.25) is 5.02 Å². The summed E-state index contributed by atoms with van der Waals surface area (Å²) in [5.74, 6) is -3.23. The molecule has 1 heterocycles. The van der Waals surface area contributed by atoms with Gasteiger partial charge in [-0.25, -0.2) is 4.39 Å². The number of pyridine rings is 1. The van der Waals surface area contributed by atoms with E-state index >= 15 is 0 Å². The summed E-state index contributed by atoms with van der Waals surface area (Å²) < 4.78 is 55.0. The topological polar surface area (TPSA) is 94.5 Å². The quantitative estimate of drug-likeness (QED) is 0.404. The maximum absolute atomic E-state index is 13.0. The average Bonchev–Trinajstić information content (AvgIpc) is 2.74. The van der Waals surface area contributed by atoms with Gasteiger partial charge in [0.05, 0.1) is 19.4 Å². The molecule has 1 unspecified atom stereocenters. The Balaban J connectivity index is 2.19. The van der Waals surface area contributed by atoms with Crippen molar-refractivity contribution in [2.24, 2.45) is 0 Å². The van der Waals surface area contributed by atoms with E-state index in [-0.39, 0.29) is 11.8 Å². The van der Waals surface area contributed by atoms with E-state index in [1.807, 2.05) is 0 Å². The number of aromatic nitrogens is 1. The number of benzene rings is 1. The molecule has 0 aliphatic heterocycles. The van der Waals surface area contributed by atoms with Crippen LogP contribution in [0.3, 0.4) is 0 Å². The number of ketones is 1. The molecule has 12 heteroatoms. The molecule has 2 atom stereocenters. The molecule has 0 aliphatic carbocycles. The molecular formula is C21H21ClF4N2O5. The molecule has 0 radical (unpaired) electrons. The van der Waals surface area contributed by atoms with Gasteiger partial charge in [0.25, 0.3) is 5.56 Å². The lowest BCUT2D eigenvalue weighted by atomic mass is 10.1. The highest BCUT2D eigenvalue weighted by molar-refractivity contribution is 6.31. The van der Waals surface area contributed by atoms with Crippen LogP contribution in [0, 0.1) is 0 Å². The van der Waals surface area contributed by atoms with Crippen molar-refractivity contribution in [1.29, 1.82) is 0 Å². The normalized spacial score (nSPS) is 13.4. The van der Waals surface area contributed by atoms with Crippen molar-refractivity contribution in [3.63, 3.8) is 0 Å². The van der Waals surface area contributed by atoms with Crippen LogP contribution < -0.4 is 10.9 Å². The Bertz CT molecular complexity index is 1090. The number of ether oxygens (including phenoxy) is 1. The fraction of sp³-hybridized carbons (Fsp3) is 0.429. The van der Waals surface area contributed by atoms with Gasteiger partial charge in [-0.3, -0.25) is 19.2 Å². The van der Waals surface area contributed by atoms with E-state index in [0.717, 1.165) is 4.57 Å². The van der Waals surface area contributed by atoms with Gasteiger partial charge < -0.3 is 14.6 Å². The maximum Gasteiger partial charge on any atom is 0.392 e. The molecule has 0 saturated carbocycles. The Hall–Kier alpha value is -2.95. The molecule has 0 saturated heterocycles. The van der Waals surface area contributed by atoms with Gasteiger partial charge >= 0.3 is 12.1 Å². The molecule has 1 amide bonds. The first kappa shape index (κ1) is 26.3. The van der Waals surface area contributed by atoms with Gasteiger partial charge in [-0.2, -0.15) is 13.2 Å². The maximum atomic E-state index is 13.0. The zero-order valence-corrected chi connectivity index (χ0v) is 18.2. The number of alkyl halides is 4. The fourth-order valence-corrected chi connectivity index (χ4v) is 3.26. The van der Waals surface area contributed by atoms with Crippen molar-refractivity contribution in [1.82, 2.24) is 9.88 Å². The van der Waals surface area contributed by atoms with Crippen molar-refractivity contribution in [2.75, 3.05) is 13.3 Å². The molecule has 0 bridgehead atoms. The first-order valence-corrected chi connectivity index (χ1v) is 10.3. The SMILES string of the molecule is CC[C@H](C(=O)NC(CC(=O)OCCC(F)(F)F)C(=O)CF)n1ccc2ccc(Cl)cc2c1=O. The third kappa shape index (κ3) is 7.28. The van der Waals surface area contributed by atoms with Crippen LogP contribution in [0.5, 0.6) is 0 Å². The van der Waals surface area contributed by atoms with E-state index in [4.69, 9.17) is 11.6 Å². The second kappa shape index (κ2) is 11.3. The van der Waals surface area contributed by atoms with Crippen LogP contribution in [-0.2, 0) is 19.1 Å². The van der Waals surface area contributed by atoms with E-state index in [1.165, 1.54) is 12.3 Å². The van der Waals surface area contributed by atoms with Gasteiger partial charge in [0.1, 0.15) is 18.8 Å². The summed E-state index contributed by atoms with van der Waals surface area (Å²) in [6.07, 6.45) is -5.31. The van der Waals surface area contributed by atoms with Crippen LogP contribution in [-0.4, -0.2) is 47.7 Å². The summed E-state index contributed by atoms with van der Waals surface area (Å²) in [6.45, 7) is -0.901. The average molecular weight is 493 g/mol. The van der Waals surface area contributed by atoms with Gasteiger partial charge in [-0.15, -0.1) is 0 Å². The number of halogens is 5. The standard InChI is InChI=1S/C21H21ClF4N2O5/c1-2-16(28-7-5-12-3-4-13(22)9-14(12)20(28)32)19(31)27-15(17(29)11-23)10-18(30)33-8-6-21(24,25)26/h3-5,7,9,15-16H,2,6,8,10-11H2,1H3,(H,27,31)/t15?,16-/m1/s1. The van der Waals surface area contributed by atoms with Gasteiger partial charge in [-0.05, 0) is 30.0 Å². The summed E-state index contributed by atoms with van der Waals surface area (Å²) in [6, 6.07) is 3.47. The van der Waals surface area contributed by atoms with E-state index in [1.54, 1.807) is 25.1 Å². The number of hydrogen-bond donors (Lipinski definition) is 1. The number of fused-ring (bicyclic) bond motifs is 1. The molecule has 0 fully saturated rings. The first-order valence-electron chi connectivity index (χ1n) is 9.88. The third-order valence-electron chi connectivity index (χ3n) is 4.78. The van der Waals surface area contributed by atoms with Crippen LogP contribution in [0.4, 0.5) is 17.6 Å². The lowest BCUT2D eigenvalue weighted by Crippen LogP contribution is -2.47. The Kier molecular flexibility index (Phi) is 8.98. The number of nitrogens with zero attached hydrogens (tertiary/aromatic N) is 1. The Morgan fingerprint density at radius 3 is 2.52 bits per heavy atom. The van der Waals surface area contributed by atoms with Crippen molar-refractivity contribution in [3.8, 4) is 0 Å². The second-order valence-electron chi connectivity index (χ2n) is 7.13. The van der Waals surface area contributed by atoms with Gasteiger partial charge in [0.2, 0.25) is 5.91 Å². The number of nitrogens with one attached hydrogen (secondary N) is 1. The van der Waals surface area contributed by atoms with Crippen LogP contribution >= 0.6 is 11.6 Å². The Morgan fingerprint density at radius 2 is 1.91 bits per heavy atom. The molecule has 1 N–H and O–H groups in total. The molecule has 0 spiro atoms. The molecule has 33 heavy (non-hydrogen) atoms. The largest absolute Gasteiger partial charge is 0.465 e. The summed E-state index contributed by atoms with van der Waals surface area (Å²) in [7, 11) is 0. The van der Waals surface area contributed by atoms with Crippen LogP contribution in [0.25, 0.3) is 10.8 Å². The van der Waals surface area contributed by atoms with Crippen LogP contribution in [0.15, 0.2) is 35.3 Å². The highest BCUT2D eigenvalue weighted by Gasteiger charge is 2.30. The highest BCUT2D eigenvalue weighted by atomic mass is 35.5. The highest BCUT2D eigenvalue weighted by Crippen LogP contribution is 2.20. The summed E-state index contributed by atoms with van der Waals surface area (Å²) in [5.41, 5.74) is -0.531. The minimum atomic E-state index is -4.55. The molecule has 7 nitrogen and oxygen atoms in total. The van der Waals surface area contributed by atoms with Crippen LogP contribution in [0.1, 0.15) is 32.2 Å². The molecule has 180 valence electrons. The molecular weight excluding hydrogens is 472 g/mol. The number of hydrogen-bond acceptors (Lipinski definition) is 5. The third-order valence-corrected chi connectivity index (χ3v) is 5.01. The predicted molar refractivity (Wildman–Crippen MR) is 112 cm³/mol. The van der Waals surface area contributed by atoms with Crippen molar-refractivity contribution in [2.45, 2.75) is 44.4 Å². The number of carbonyl (C=O) groups excluding carboxylic acids is 3. The lowest BCUT2D eigenvalue weighted by Gasteiger charge is -2.22. The van der Waals surface area contributed by atoms with Crippen molar-refractivity contribution >= 4 is 40.0 Å². The summed E-state index contributed by atoms with van der Waals surface area (Å²) >= 11 is 5.94. The van der Waals surface area contributed by atoms with Crippen molar-refractivity contribution < 1.29 is 36.7 Å². The second-order valence-corrected chi connectivity index (χ2v) is 7.57. The zero-order valence-electron chi connectivity index (χ0n) is 17.5. The molecule has 1 aromatic carbocycles. The predicted octanol–water partition coefficient (Wildman–Crippen LogP) is 3.52. The smallest absolute Gasteiger partial charge is 0.392 e. The van der Waals surface area contributed by atoms with Gasteiger partial charge in [0, 0.05) is 16.6 Å². The van der Waals surface area contributed by atoms with E-state index in [2.05, 4.69) is 10.1 Å². The fourth-order valence-electron chi connectivity index (χ4n) is 3.09. The van der Waals surface area contributed by atoms with Crippen molar-refractivity contribution in [3.05, 3.63) is 45.8 Å². The number of esters is 1. The number of carbonyl (C=O) groups is 3. The molecule has 2 rings (SSSR count). The summed E-state index contributed by atoms with van der Waals surface area (Å²) in [5, 5.41) is 3.35. The molecule has 1 aromatic heterocycles. The minimum absolute atomic E-state index is 0.102. The van der Waals surface area contributed by atoms with E-state index in [9.17, 15) is 36.7 Å². The lowest BCUT2D eigenvalue weighted by molar-refractivity contribution is -0.160. The van der Waals surface area contributed by atoms with Gasteiger partial charge in [-0.1, -0.05) is 24.6 Å². The van der Waals surface area contributed by atoms with E-state index in [0.29, 0.717) is 10.4 Å². The first-order chi connectivity index (χ1) is 15.5. The Morgan fingerprint density at radius 1 is 1.21 bits per heavy atom. The van der Waals surface area contributed by atoms with E-state index < -0.39 is 67.6 Å². The Labute approximate surface area is 190 Å². The number of Topliss-reactive ketones (excluding diaryl/α,β-unsaturated/α-hetero) is 1. The zero-order chi connectivity index (χ0) is 24.8. The van der Waals surface area contributed by atoms with Gasteiger partial charge in [0.15, 0.2) is 5.78 Å². The monoisotopic (exact) mass is 492 g/mol. The molecule has 2 aromatic rings. The summed E-state index contributed by atoms with van der Waals surface area (Å²) in [4.78, 5) is 49.4. The number of amides is 1. The molecule has 0 aliphatic rings.